The molecular weight excluding hydrogens is 208 g/mol. The van der Waals surface area contributed by atoms with E-state index in [0.717, 1.165) is 17.9 Å². The number of hydrogen-bond donors (Lipinski definition) is 1. The molecule has 2 fully saturated rings. The van der Waals surface area contributed by atoms with Gasteiger partial charge in [0.1, 0.15) is 0 Å². The van der Waals surface area contributed by atoms with Crippen molar-refractivity contribution in [1.29, 1.82) is 0 Å². The highest BCUT2D eigenvalue weighted by Gasteiger charge is 2.26. The Bertz CT molecular complexity index is 215. The van der Waals surface area contributed by atoms with Crippen LogP contribution in [0, 0.1) is 11.8 Å². The molecular formula is C15H30N2. The molecule has 2 unspecified atom stereocenters. The van der Waals surface area contributed by atoms with Gasteiger partial charge in [-0.3, -0.25) is 0 Å². The Morgan fingerprint density at radius 1 is 0.882 bits per heavy atom. The smallest absolute Gasteiger partial charge is 0.00705 e. The van der Waals surface area contributed by atoms with Gasteiger partial charge in [0, 0.05) is 12.1 Å². The van der Waals surface area contributed by atoms with Gasteiger partial charge in [-0.15, -0.1) is 0 Å². The third-order valence-electron chi connectivity index (χ3n) is 5.10. The first-order valence-electron chi connectivity index (χ1n) is 7.61. The van der Waals surface area contributed by atoms with E-state index in [2.05, 4.69) is 31.1 Å². The molecule has 100 valence electrons. The molecule has 2 aliphatic rings. The molecule has 1 heterocycles. The molecule has 0 radical (unpaired) electrons. The van der Waals surface area contributed by atoms with E-state index in [1.165, 1.54) is 51.6 Å². The van der Waals surface area contributed by atoms with Crippen LogP contribution in [0.3, 0.4) is 0 Å². The average Bonchev–Trinajstić information content (AvgIpc) is 2.83. The van der Waals surface area contributed by atoms with E-state index < -0.39 is 0 Å². The molecule has 0 aromatic rings. The zero-order valence-electron chi connectivity index (χ0n) is 11.9. The van der Waals surface area contributed by atoms with E-state index in [1.54, 1.807) is 0 Å². The van der Waals surface area contributed by atoms with Crippen molar-refractivity contribution in [1.82, 2.24) is 10.2 Å². The van der Waals surface area contributed by atoms with Crippen LogP contribution in [0.1, 0.15) is 52.4 Å². The summed E-state index contributed by atoms with van der Waals surface area (Å²) < 4.78 is 0. The van der Waals surface area contributed by atoms with Gasteiger partial charge in [0.15, 0.2) is 0 Å². The van der Waals surface area contributed by atoms with E-state index in [9.17, 15) is 0 Å². The summed E-state index contributed by atoms with van der Waals surface area (Å²) in [7, 11) is 2.25. The molecule has 1 aliphatic heterocycles. The molecule has 2 rings (SSSR count). The molecule has 0 bridgehead atoms. The van der Waals surface area contributed by atoms with Gasteiger partial charge in [-0.25, -0.2) is 0 Å². The highest BCUT2D eigenvalue weighted by molar-refractivity contribution is 4.84. The quantitative estimate of drug-likeness (QED) is 0.810. The molecule has 1 saturated carbocycles. The molecule has 1 aliphatic carbocycles. The Labute approximate surface area is 107 Å². The van der Waals surface area contributed by atoms with Crippen LogP contribution < -0.4 is 5.32 Å². The second kappa shape index (κ2) is 6.19. The summed E-state index contributed by atoms with van der Waals surface area (Å²) >= 11 is 0. The number of rotatable bonds is 4. The molecule has 1 N–H and O–H groups in total. The van der Waals surface area contributed by atoms with Crippen molar-refractivity contribution in [3.63, 3.8) is 0 Å². The fraction of sp³-hybridized carbons (Fsp3) is 1.00. The second-order valence-electron chi connectivity index (χ2n) is 6.43. The SMILES string of the molecule is CC(NC(C)C1CCN(C)CC1)C1CCCC1. The van der Waals surface area contributed by atoms with Crippen molar-refractivity contribution in [3.8, 4) is 0 Å². The van der Waals surface area contributed by atoms with Gasteiger partial charge in [-0.05, 0) is 71.5 Å². The van der Waals surface area contributed by atoms with Gasteiger partial charge in [0.2, 0.25) is 0 Å². The summed E-state index contributed by atoms with van der Waals surface area (Å²) in [6, 6.07) is 1.44. The van der Waals surface area contributed by atoms with E-state index in [-0.39, 0.29) is 0 Å². The van der Waals surface area contributed by atoms with Crippen molar-refractivity contribution in [2.75, 3.05) is 20.1 Å². The van der Waals surface area contributed by atoms with Crippen molar-refractivity contribution < 1.29 is 0 Å². The normalized spacial score (nSPS) is 28.4. The molecule has 0 spiro atoms. The second-order valence-corrected chi connectivity index (χ2v) is 6.43. The van der Waals surface area contributed by atoms with Crippen LogP contribution in [0.2, 0.25) is 0 Å². The van der Waals surface area contributed by atoms with Crippen LogP contribution in [-0.2, 0) is 0 Å². The Morgan fingerprint density at radius 3 is 1.88 bits per heavy atom. The standard InChI is InChI=1S/C15H30N2/c1-12(14-6-4-5-7-14)16-13(2)15-8-10-17(3)11-9-15/h12-16H,4-11H2,1-3H3. The Hall–Kier alpha value is -0.0800. The summed E-state index contributed by atoms with van der Waals surface area (Å²) in [6.07, 6.45) is 8.57. The lowest BCUT2D eigenvalue weighted by molar-refractivity contribution is 0.178. The minimum absolute atomic E-state index is 0.708. The number of nitrogens with one attached hydrogen (secondary N) is 1. The molecule has 2 nitrogen and oxygen atoms in total. The molecule has 1 saturated heterocycles. The molecule has 0 aromatic heterocycles. The Morgan fingerprint density at radius 2 is 1.35 bits per heavy atom. The topological polar surface area (TPSA) is 15.3 Å². The fourth-order valence-corrected chi connectivity index (χ4v) is 3.67. The first-order chi connectivity index (χ1) is 8.16. The number of nitrogens with zero attached hydrogens (tertiary/aromatic N) is 1. The Kier molecular flexibility index (Phi) is 4.87. The van der Waals surface area contributed by atoms with Crippen LogP contribution in [0.25, 0.3) is 0 Å². The molecule has 2 atom stereocenters. The maximum absolute atomic E-state index is 3.89. The predicted octanol–water partition coefficient (Wildman–Crippen LogP) is 2.89. The lowest BCUT2D eigenvalue weighted by Crippen LogP contribution is -2.45. The van der Waals surface area contributed by atoms with Crippen molar-refractivity contribution in [3.05, 3.63) is 0 Å². The molecule has 2 heteroatoms. The van der Waals surface area contributed by atoms with E-state index in [1.807, 2.05) is 0 Å². The minimum atomic E-state index is 0.708. The van der Waals surface area contributed by atoms with Crippen LogP contribution in [0.5, 0.6) is 0 Å². The summed E-state index contributed by atoms with van der Waals surface area (Å²) in [5.41, 5.74) is 0. The molecule has 0 amide bonds. The first kappa shape index (κ1) is 13.4. The summed E-state index contributed by atoms with van der Waals surface area (Å²) in [5, 5.41) is 3.89. The van der Waals surface area contributed by atoms with E-state index in [0.29, 0.717) is 6.04 Å². The maximum atomic E-state index is 3.89. The monoisotopic (exact) mass is 238 g/mol. The first-order valence-corrected chi connectivity index (χ1v) is 7.61. The van der Waals surface area contributed by atoms with Crippen molar-refractivity contribution in [2.24, 2.45) is 11.8 Å². The Balaban J connectivity index is 1.73. The highest BCUT2D eigenvalue weighted by Crippen LogP contribution is 2.28. The molecule has 17 heavy (non-hydrogen) atoms. The van der Waals surface area contributed by atoms with Gasteiger partial charge < -0.3 is 10.2 Å². The minimum Gasteiger partial charge on any atom is -0.311 e. The summed E-state index contributed by atoms with van der Waals surface area (Å²) in [4.78, 5) is 2.46. The van der Waals surface area contributed by atoms with Crippen LogP contribution in [-0.4, -0.2) is 37.1 Å². The van der Waals surface area contributed by atoms with E-state index in [4.69, 9.17) is 0 Å². The van der Waals surface area contributed by atoms with Crippen LogP contribution in [0.15, 0.2) is 0 Å². The largest absolute Gasteiger partial charge is 0.311 e. The third kappa shape index (κ3) is 3.69. The zero-order valence-corrected chi connectivity index (χ0v) is 11.9. The van der Waals surface area contributed by atoms with Crippen molar-refractivity contribution >= 4 is 0 Å². The maximum Gasteiger partial charge on any atom is 0.00705 e. The summed E-state index contributed by atoms with van der Waals surface area (Å²) in [5.74, 6) is 1.85. The van der Waals surface area contributed by atoms with Gasteiger partial charge >= 0.3 is 0 Å². The zero-order chi connectivity index (χ0) is 12.3. The highest BCUT2D eigenvalue weighted by atomic mass is 15.1. The predicted molar refractivity (Wildman–Crippen MR) is 74.2 cm³/mol. The van der Waals surface area contributed by atoms with E-state index >= 15 is 0 Å². The third-order valence-corrected chi connectivity index (χ3v) is 5.10. The fourth-order valence-electron chi connectivity index (χ4n) is 3.67. The average molecular weight is 238 g/mol. The number of hydrogen-bond acceptors (Lipinski definition) is 2. The number of likely N-dealkylation sites (tertiary alicyclic amines) is 1. The molecule has 0 aromatic carbocycles. The number of piperidine rings is 1. The lowest BCUT2D eigenvalue weighted by Gasteiger charge is -2.35. The van der Waals surface area contributed by atoms with Crippen LogP contribution >= 0.6 is 0 Å². The van der Waals surface area contributed by atoms with Gasteiger partial charge in [0.05, 0.1) is 0 Å². The van der Waals surface area contributed by atoms with Crippen LogP contribution in [0.4, 0.5) is 0 Å². The lowest BCUT2D eigenvalue weighted by atomic mass is 9.89. The van der Waals surface area contributed by atoms with Gasteiger partial charge in [-0.2, -0.15) is 0 Å². The van der Waals surface area contributed by atoms with Gasteiger partial charge in [-0.1, -0.05) is 12.8 Å². The van der Waals surface area contributed by atoms with Crippen molar-refractivity contribution in [2.45, 2.75) is 64.5 Å². The summed E-state index contributed by atoms with van der Waals surface area (Å²) in [6.45, 7) is 7.38. The van der Waals surface area contributed by atoms with Gasteiger partial charge in [0.25, 0.3) is 0 Å².